The van der Waals surface area contributed by atoms with Crippen LogP contribution in [0.2, 0.25) is 5.02 Å². The summed E-state index contributed by atoms with van der Waals surface area (Å²) in [5, 5.41) is 3.02. The lowest BCUT2D eigenvalue weighted by molar-refractivity contribution is -0.123. The van der Waals surface area contributed by atoms with Crippen LogP contribution in [0.25, 0.3) is 6.08 Å². The maximum atomic E-state index is 12.8. The highest BCUT2D eigenvalue weighted by Gasteiger charge is 2.34. The molecule has 0 saturated carbocycles. The van der Waals surface area contributed by atoms with Gasteiger partial charge >= 0.3 is 0 Å². The quantitative estimate of drug-likeness (QED) is 0.283. The summed E-state index contributed by atoms with van der Waals surface area (Å²) >= 11 is 6.73. The summed E-state index contributed by atoms with van der Waals surface area (Å²) < 4.78 is 16.7. The van der Waals surface area contributed by atoms with Gasteiger partial charge in [0, 0.05) is 10.7 Å². The second kappa shape index (κ2) is 13.2. The molecule has 0 atom stereocenters. The molecule has 1 saturated heterocycles. The first-order valence-electron chi connectivity index (χ1n) is 12.2. The predicted octanol–water partition coefficient (Wildman–Crippen LogP) is 6.04. The first kappa shape index (κ1) is 28.1. The van der Waals surface area contributed by atoms with Gasteiger partial charge in [-0.3, -0.25) is 19.3 Å². The molecule has 0 aromatic heterocycles. The number of rotatable bonds is 11. The molecule has 0 spiro atoms. The highest BCUT2D eigenvalue weighted by atomic mass is 35.5. The van der Waals surface area contributed by atoms with Crippen LogP contribution in [0.4, 0.5) is 10.5 Å². The number of aryl methyl sites for hydroxylation is 1. The maximum Gasteiger partial charge on any atom is 0.293 e. The smallest absolute Gasteiger partial charge is 0.293 e. The summed E-state index contributed by atoms with van der Waals surface area (Å²) in [6.45, 7) is 2.13. The van der Waals surface area contributed by atoms with Gasteiger partial charge in [0.2, 0.25) is 0 Å². The molecule has 1 N–H and O–H groups in total. The minimum atomic E-state index is -0.396. The number of anilines is 1. The van der Waals surface area contributed by atoms with Crippen LogP contribution < -0.4 is 19.5 Å². The fraction of sp³-hybridized carbons (Fsp3) is 0.207. The van der Waals surface area contributed by atoms with Crippen molar-refractivity contribution < 1.29 is 28.6 Å². The van der Waals surface area contributed by atoms with E-state index in [0.717, 1.165) is 23.1 Å². The molecule has 1 fully saturated rings. The zero-order chi connectivity index (χ0) is 27.8. The van der Waals surface area contributed by atoms with Gasteiger partial charge < -0.3 is 19.5 Å². The maximum absolute atomic E-state index is 12.8. The van der Waals surface area contributed by atoms with Gasteiger partial charge in [0.05, 0.1) is 18.6 Å². The zero-order valence-corrected chi connectivity index (χ0v) is 23.0. The number of ether oxygens (including phenoxy) is 3. The third-order valence-corrected chi connectivity index (χ3v) is 6.92. The van der Waals surface area contributed by atoms with E-state index in [1.165, 1.54) is 12.7 Å². The fourth-order valence-corrected chi connectivity index (χ4v) is 4.68. The summed E-state index contributed by atoms with van der Waals surface area (Å²) in [6.07, 6.45) is 2.54. The molecule has 0 unspecified atom stereocenters. The molecule has 39 heavy (non-hydrogen) atoms. The fourth-order valence-electron chi connectivity index (χ4n) is 3.69. The Morgan fingerprint density at radius 3 is 2.44 bits per heavy atom. The molecule has 8 nitrogen and oxygen atoms in total. The highest BCUT2D eigenvalue weighted by Crippen LogP contribution is 2.34. The van der Waals surface area contributed by atoms with Crippen LogP contribution >= 0.6 is 23.4 Å². The highest BCUT2D eigenvalue weighted by molar-refractivity contribution is 8.18. The number of carbonyl (C=O) groups excluding carboxylic acids is 3. The number of amides is 3. The molecule has 0 radical (unpaired) electrons. The van der Waals surface area contributed by atoms with E-state index >= 15 is 0 Å². The van der Waals surface area contributed by atoms with Gasteiger partial charge in [-0.2, -0.15) is 0 Å². The lowest BCUT2D eigenvalue weighted by Crippen LogP contribution is -2.32. The first-order valence-corrected chi connectivity index (χ1v) is 13.4. The number of imide groups is 1. The number of halogens is 1. The first-order chi connectivity index (χ1) is 18.9. The SMILES string of the molecule is CCc1ccc(NC(=O)COc2ccc(/C=C3\SC(=O)N(CCOc4ccc(Cl)cc4)C3=O)cc2OC)cc1. The molecular formula is C29H27ClN2O6S. The van der Waals surface area contributed by atoms with Gasteiger partial charge in [0.25, 0.3) is 17.1 Å². The van der Waals surface area contributed by atoms with Crippen molar-refractivity contribution in [1.29, 1.82) is 0 Å². The van der Waals surface area contributed by atoms with Gasteiger partial charge in [-0.25, -0.2) is 0 Å². The number of methoxy groups -OCH3 is 1. The van der Waals surface area contributed by atoms with E-state index < -0.39 is 5.91 Å². The van der Waals surface area contributed by atoms with Crippen molar-refractivity contribution in [2.75, 3.05) is 32.2 Å². The van der Waals surface area contributed by atoms with Crippen molar-refractivity contribution >= 4 is 52.2 Å². The second-order valence-electron chi connectivity index (χ2n) is 8.43. The molecule has 1 aliphatic heterocycles. The van der Waals surface area contributed by atoms with Crippen LogP contribution in [0.15, 0.2) is 71.6 Å². The van der Waals surface area contributed by atoms with Crippen LogP contribution in [0, 0.1) is 0 Å². The third kappa shape index (κ3) is 7.55. The Labute approximate surface area is 235 Å². The Hall–Kier alpha value is -3.95. The molecule has 0 bridgehead atoms. The van der Waals surface area contributed by atoms with Crippen molar-refractivity contribution in [3.63, 3.8) is 0 Å². The molecule has 10 heteroatoms. The number of nitrogens with one attached hydrogen (secondary N) is 1. The van der Waals surface area contributed by atoms with Gasteiger partial charge in [-0.1, -0.05) is 36.7 Å². The normalized spacial score (nSPS) is 14.0. The number of carbonyl (C=O) groups is 3. The van der Waals surface area contributed by atoms with E-state index in [1.807, 2.05) is 24.3 Å². The second-order valence-corrected chi connectivity index (χ2v) is 9.86. The van der Waals surface area contributed by atoms with E-state index in [9.17, 15) is 14.4 Å². The van der Waals surface area contributed by atoms with Gasteiger partial charge in [0.15, 0.2) is 18.1 Å². The molecule has 3 aromatic carbocycles. The van der Waals surface area contributed by atoms with Gasteiger partial charge in [0.1, 0.15) is 12.4 Å². The van der Waals surface area contributed by atoms with Crippen molar-refractivity contribution in [2.24, 2.45) is 0 Å². The minimum absolute atomic E-state index is 0.117. The topological polar surface area (TPSA) is 94.2 Å². The molecule has 1 heterocycles. The van der Waals surface area contributed by atoms with Crippen LogP contribution in [-0.4, -0.2) is 48.8 Å². The van der Waals surface area contributed by atoms with E-state index in [-0.39, 0.29) is 35.8 Å². The average Bonchev–Trinajstić information content (AvgIpc) is 3.21. The zero-order valence-electron chi connectivity index (χ0n) is 21.4. The summed E-state index contributed by atoms with van der Waals surface area (Å²) in [4.78, 5) is 39.0. The van der Waals surface area contributed by atoms with Gasteiger partial charge in [-0.05, 0) is 83.9 Å². The lowest BCUT2D eigenvalue weighted by Gasteiger charge is -2.13. The Bertz CT molecular complexity index is 1380. The van der Waals surface area contributed by atoms with Crippen molar-refractivity contribution in [1.82, 2.24) is 4.90 Å². The molecule has 3 amide bonds. The molecule has 202 valence electrons. The Morgan fingerprint density at radius 2 is 1.74 bits per heavy atom. The largest absolute Gasteiger partial charge is 0.493 e. The monoisotopic (exact) mass is 566 g/mol. The van der Waals surface area contributed by atoms with Crippen LogP contribution in [0.3, 0.4) is 0 Å². The van der Waals surface area contributed by atoms with Gasteiger partial charge in [-0.15, -0.1) is 0 Å². The number of thioether (sulfide) groups is 1. The van der Waals surface area contributed by atoms with Crippen LogP contribution in [0.5, 0.6) is 17.2 Å². The molecule has 3 aromatic rings. The van der Waals surface area contributed by atoms with Crippen molar-refractivity contribution in [2.45, 2.75) is 13.3 Å². The Balaban J connectivity index is 1.33. The predicted molar refractivity (Wildman–Crippen MR) is 153 cm³/mol. The average molecular weight is 567 g/mol. The lowest BCUT2D eigenvalue weighted by atomic mass is 10.1. The van der Waals surface area contributed by atoms with E-state index in [4.69, 9.17) is 25.8 Å². The molecular weight excluding hydrogens is 540 g/mol. The molecule has 1 aliphatic rings. The third-order valence-electron chi connectivity index (χ3n) is 5.76. The molecule has 0 aliphatic carbocycles. The standard InChI is InChI=1S/C29H27ClN2O6S/c1-3-19-4-9-22(10-5-19)31-27(33)18-38-24-13-6-20(16-25(24)36-2)17-26-28(34)32(29(35)39-26)14-15-37-23-11-7-21(30)8-12-23/h4-13,16-17H,3,14-15,18H2,1-2H3,(H,31,33)/b26-17-. The Kier molecular flexibility index (Phi) is 9.51. The summed E-state index contributed by atoms with van der Waals surface area (Å²) in [6, 6.07) is 19.5. The summed E-state index contributed by atoms with van der Waals surface area (Å²) in [5.74, 6) is 0.657. The summed E-state index contributed by atoms with van der Waals surface area (Å²) in [7, 11) is 1.48. The van der Waals surface area contributed by atoms with Crippen LogP contribution in [-0.2, 0) is 16.0 Å². The van der Waals surface area contributed by atoms with Crippen LogP contribution in [0.1, 0.15) is 18.1 Å². The number of nitrogens with zero attached hydrogens (tertiary/aromatic N) is 1. The van der Waals surface area contributed by atoms with Crippen molar-refractivity contribution in [3.05, 3.63) is 87.8 Å². The molecule has 4 rings (SSSR count). The number of hydrogen-bond acceptors (Lipinski definition) is 7. The number of benzene rings is 3. The Morgan fingerprint density at radius 1 is 1.00 bits per heavy atom. The summed E-state index contributed by atoms with van der Waals surface area (Å²) in [5.41, 5.74) is 2.51. The van der Waals surface area contributed by atoms with E-state index in [1.54, 1.807) is 48.5 Å². The van der Waals surface area contributed by atoms with E-state index in [0.29, 0.717) is 33.5 Å². The number of hydrogen-bond donors (Lipinski definition) is 1. The van der Waals surface area contributed by atoms with E-state index in [2.05, 4.69) is 12.2 Å². The minimum Gasteiger partial charge on any atom is -0.493 e. The van der Waals surface area contributed by atoms with Crippen molar-refractivity contribution in [3.8, 4) is 17.2 Å².